The maximum atomic E-state index is 12.3. The first-order chi connectivity index (χ1) is 12.2. The van der Waals surface area contributed by atoms with Gasteiger partial charge in [-0.05, 0) is 32.4 Å². The van der Waals surface area contributed by atoms with Gasteiger partial charge in [-0.25, -0.2) is 18.4 Å². The fourth-order valence-corrected chi connectivity index (χ4v) is 2.82. The maximum absolute atomic E-state index is 12.3. The molecule has 0 aliphatic rings. The molecule has 0 aliphatic heterocycles. The summed E-state index contributed by atoms with van der Waals surface area (Å²) in [6.07, 6.45) is 1.84. The summed E-state index contributed by atoms with van der Waals surface area (Å²) in [5, 5.41) is 14.3. The zero-order valence-electron chi connectivity index (χ0n) is 14.6. The van der Waals surface area contributed by atoms with E-state index >= 15 is 0 Å². The van der Waals surface area contributed by atoms with E-state index in [-0.39, 0.29) is 22.6 Å². The summed E-state index contributed by atoms with van der Waals surface area (Å²) in [6, 6.07) is 6.11. The van der Waals surface area contributed by atoms with Crippen LogP contribution in [0.1, 0.15) is 25.8 Å². The number of aryl methyl sites for hydroxylation is 1. The van der Waals surface area contributed by atoms with Crippen molar-refractivity contribution in [1.29, 1.82) is 0 Å². The molecule has 26 heavy (non-hydrogen) atoms. The Morgan fingerprint density at radius 3 is 2.38 bits per heavy atom. The number of nitrogens with zero attached hydrogens (tertiary/aromatic N) is 3. The molecule has 0 saturated heterocycles. The highest BCUT2D eigenvalue weighted by molar-refractivity contribution is 7.89. The molecule has 10 nitrogen and oxygen atoms in total. The SMILES string of the molecule is CCC(C)Nc1ncnc(NNS(=O)(=O)c2ccc(C)cc2)c1[N+](=O)[O-]. The van der Waals surface area contributed by atoms with Crippen LogP contribution in [0.25, 0.3) is 0 Å². The van der Waals surface area contributed by atoms with Crippen molar-refractivity contribution in [2.24, 2.45) is 0 Å². The minimum Gasteiger partial charge on any atom is -0.362 e. The number of nitrogens with one attached hydrogen (secondary N) is 3. The lowest BCUT2D eigenvalue weighted by Gasteiger charge is -2.14. The Labute approximate surface area is 151 Å². The van der Waals surface area contributed by atoms with Crippen LogP contribution in [0.4, 0.5) is 17.3 Å². The lowest BCUT2D eigenvalue weighted by molar-refractivity contribution is -0.383. The van der Waals surface area contributed by atoms with E-state index in [0.717, 1.165) is 18.3 Å². The number of hydrogen-bond donors (Lipinski definition) is 3. The van der Waals surface area contributed by atoms with Crippen LogP contribution in [0.15, 0.2) is 35.5 Å². The van der Waals surface area contributed by atoms with Crippen LogP contribution in [0.5, 0.6) is 0 Å². The molecule has 1 unspecified atom stereocenters. The smallest absolute Gasteiger partial charge is 0.354 e. The van der Waals surface area contributed by atoms with E-state index < -0.39 is 20.6 Å². The topological polar surface area (TPSA) is 139 Å². The molecule has 2 rings (SSSR count). The molecule has 11 heteroatoms. The van der Waals surface area contributed by atoms with Crippen molar-refractivity contribution in [1.82, 2.24) is 14.8 Å². The van der Waals surface area contributed by atoms with Crippen LogP contribution in [0.3, 0.4) is 0 Å². The number of aromatic nitrogens is 2. The fraction of sp³-hybridized carbons (Fsp3) is 0.333. The van der Waals surface area contributed by atoms with Gasteiger partial charge in [0.05, 0.1) is 9.82 Å². The van der Waals surface area contributed by atoms with E-state index in [1.165, 1.54) is 12.1 Å². The van der Waals surface area contributed by atoms with Crippen LogP contribution in [-0.4, -0.2) is 29.4 Å². The number of anilines is 2. The van der Waals surface area contributed by atoms with E-state index in [0.29, 0.717) is 0 Å². The highest BCUT2D eigenvalue weighted by atomic mass is 32.2. The molecule has 1 atom stereocenters. The third-order valence-corrected chi connectivity index (χ3v) is 4.90. The van der Waals surface area contributed by atoms with Gasteiger partial charge in [-0.15, -0.1) is 4.83 Å². The second kappa shape index (κ2) is 8.06. The summed E-state index contributed by atoms with van der Waals surface area (Å²) in [6.45, 7) is 5.59. The maximum Gasteiger partial charge on any atom is 0.354 e. The Balaban J connectivity index is 2.27. The zero-order chi connectivity index (χ0) is 19.3. The summed E-state index contributed by atoms with van der Waals surface area (Å²) in [5.41, 5.74) is 2.77. The molecule has 0 amide bonds. The number of sulfonamides is 1. The monoisotopic (exact) mass is 380 g/mol. The Morgan fingerprint density at radius 1 is 1.19 bits per heavy atom. The van der Waals surface area contributed by atoms with Gasteiger partial charge in [0.1, 0.15) is 6.33 Å². The second-order valence-corrected chi connectivity index (χ2v) is 7.36. The first-order valence-corrected chi connectivity index (χ1v) is 9.33. The summed E-state index contributed by atoms with van der Waals surface area (Å²) < 4.78 is 24.6. The fourth-order valence-electron chi connectivity index (χ4n) is 1.98. The predicted molar refractivity (Wildman–Crippen MR) is 97.2 cm³/mol. The number of nitro groups is 1. The van der Waals surface area contributed by atoms with Gasteiger partial charge < -0.3 is 5.32 Å². The zero-order valence-corrected chi connectivity index (χ0v) is 15.4. The molecule has 0 aliphatic carbocycles. The highest BCUT2D eigenvalue weighted by Gasteiger charge is 2.25. The molecule has 0 spiro atoms. The van der Waals surface area contributed by atoms with Crippen molar-refractivity contribution in [3.8, 4) is 0 Å². The minimum atomic E-state index is -3.92. The lowest BCUT2D eigenvalue weighted by Crippen LogP contribution is -2.30. The summed E-state index contributed by atoms with van der Waals surface area (Å²) in [7, 11) is -3.92. The molecule has 3 N–H and O–H groups in total. The van der Waals surface area contributed by atoms with E-state index in [9.17, 15) is 18.5 Å². The van der Waals surface area contributed by atoms with Crippen LogP contribution < -0.4 is 15.6 Å². The van der Waals surface area contributed by atoms with Gasteiger partial charge in [-0.1, -0.05) is 24.6 Å². The molecule has 2 aromatic rings. The number of hydrogen-bond acceptors (Lipinski definition) is 8. The molecular formula is C15H20N6O4S. The lowest BCUT2D eigenvalue weighted by atomic mass is 10.2. The first kappa shape index (κ1) is 19.5. The summed E-state index contributed by atoms with van der Waals surface area (Å²) in [5.74, 6) is -0.247. The highest BCUT2D eigenvalue weighted by Crippen LogP contribution is 2.29. The Morgan fingerprint density at radius 2 is 1.81 bits per heavy atom. The van der Waals surface area contributed by atoms with Gasteiger partial charge in [-0.3, -0.25) is 15.5 Å². The Bertz CT molecular complexity index is 886. The third-order valence-electron chi connectivity index (χ3n) is 3.64. The standard InChI is InChI=1S/C15H20N6O4S/c1-4-11(3)18-14-13(21(22)23)15(17-9-16-14)19-20-26(24,25)12-7-5-10(2)6-8-12/h5-9,11,20H,4H2,1-3H3,(H2,16,17,18,19). The van der Waals surface area contributed by atoms with Gasteiger partial charge in [-0.2, -0.15) is 0 Å². The van der Waals surface area contributed by atoms with E-state index in [2.05, 4.69) is 25.5 Å². The number of hydrazine groups is 1. The molecule has 1 aromatic heterocycles. The van der Waals surface area contributed by atoms with Crippen LogP contribution >= 0.6 is 0 Å². The van der Waals surface area contributed by atoms with Crippen molar-refractivity contribution in [3.63, 3.8) is 0 Å². The van der Waals surface area contributed by atoms with E-state index in [1.54, 1.807) is 12.1 Å². The van der Waals surface area contributed by atoms with Crippen molar-refractivity contribution >= 4 is 27.3 Å². The predicted octanol–water partition coefficient (Wildman–Crippen LogP) is 2.21. The van der Waals surface area contributed by atoms with Gasteiger partial charge in [0.2, 0.25) is 11.6 Å². The molecule has 1 heterocycles. The molecule has 0 radical (unpaired) electrons. The minimum absolute atomic E-state index is 0.0105. The van der Waals surface area contributed by atoms with Crippen LogP contribution in [-0.2, 0) is 10.0 Å². The number of benzene rings is 1. The quantitative estimate of drug-likeness (QED) is 0.468. The molecule has 140 valence electrons. The van der Waals surface area contributed by atoms with Crippen molar-refractivity contribution in [2.75, 3.05) is 10.7 Å². The van der Waals surface area contributed by atoms with Gasteiger partial charge in [0, 0.05) is 6.04 Å². The molecule has 0 saturated carbocycles. The summed E-state index contributed by atoms with van der Waals surface area (Å²) in [4.78, 5) is 20.5. The van der Waals surface area contributed by atoms with E-state index in [4.69, 9.17) is 0 Å². The third kappa shape index (κ3) is 4.64. The average molecular weight is 380 g/mol. The molecular weight excluding hydrogens is 360 g/mol. The van der Waals surface area contributed by atoms with Crippen molar-refractivity contribution in [2.45, 2.75) is 38.1 Å². The second-order valence-electron chi connectivity index (χ2n) is 5.67. The van der Waals surface area contributed by atoms with Crippen LogP contribution in [0, 0.1) is 17.0 Å². The molecule has 0 fully saturated rings. The Hall–Kier alpha value is -2.79. The number of rotatable bonds is 8. The largest absolute Gasteiger partial charge is 0.362 e. The van der Waals surface area contributed by atoms with Gasteiger partial charge >= 0.3 is 5.69 Å². The van der Waals surface area contributed by atoms with Gasteiger partial charge in [0.15, 0.2) is 0 Å². The van der Waals surface area contributed by atoms with Crippen molar-refractivity contribution < 1.29 is 13.3 Å². The molecule has 1 aromatic carbocycles. The average Bonchev–Trinajstić information content (AvgIpc) is 2.60. The van der Waals surface area contributed by atoms with E-state index in [1.807, 2.05) is 20.8 Å². The first-order valence-electron chi connectivity index (χ1n) is 7.85. The Kier molecular flexibility index (Phi) is 6.05. The summed E-state index contributed by atoms with van der Waals surface area (Å²) >= 11 is 0. The molecule has 0 bridgehead atoms. The van der Waals surface area contributed by atoms with Crippen LogP contribution in [0.2, 0.25) is 0 Å². The normalized spacial score (nSPS) is 12.4. The van der Waals surface area contributed by atoms with Crippen molar-refractivity contribution in [3.05, 3.63) is 46.3 Å². The van der Waals surface area contributed by atoms with Gasteiger partial charge in [0.25, 0.3) is 10.0 Å².